The molecule has 0 radical (unpaired) electrons. The van der Waals surface area contributed by atoms with E-state index in [1.807, 2.05) is 44.7 Å². The van der Waals surface area contributed by atoms with Crippen molar-refractivity contribution in [2.24, 2.45) is 0 Å². The van der Waals surface area contributed by atoms with Crippen LogP contribution in [0.2, 0.25) is 0 Å². The summed E-state index contributed by atoms with van der Waals surface area (Å²) < 4.78 is 26.9. The summed E-state index contributed by atoms with van der Waals surface area (Å²) in [5.74, 6) is 1.99. The van der Waals surface area contributed by atoms with Crippen LogP contribution in [0.15, 0.2) is 47.4 Å². The first-order valence-electron chi connectivity index (χ1n) is 10.5. The van der Waals surface area contributed by atoms with Gasteiger partial charge in [-0.25, -0.2) is 8.42 Å². The minimum absolute atomic E-state index is 0.116. The van der Waals surface area contributed by atoms with E-state index in [9.17, 15) is 13.2 Å². The fourth-order valence-electron chi connectivity index (χ4n) is 3.36. The molecule has 0 aliphatic carbocycles. The number of sulfonamides is 1. The molecule has 1 saturated heterocycles. The van der Waals surface area contributed by atoms with Crippen LogP contribution in [-0.2, 0) is 16.6 Å². The molecule has 0 unspecified atom stereocenters. The Balaban J connectivity index is 1.78. The number of nitrogens with zero attached hydrogens (tertiary/aromatic N) is 2. The molecular formula is C23H31N3O3S2. The van der Waals surface area contributed by atoms with Gasteiger partial charge in [-0.2, -0.15) is 16.1 Å². The SMILES string of the molecule is Cc1ccc(CN2CCSCC2)cc1NC(=O)c1cccc(S(=O)(=O)N(C)C(C)C)c1. The Bertz CT molecular complexity index is 1030. The molecule has 1 amide bonds. The minimum atomic E-state index is -3.65. The molecular weight excluding hydrogens is 430 g/mol. The van der Waals surface area contributed by atoms with Crippen molar-refractivity contribution in [3.63, 3.8) is 0 Å². The number of carbonyl (C=O) groups excluding carboxylic acids is 1. The lowest BCUT2D eigenvalue weighted by Gasteiger charge is -2.26. The quantitative estimate of drug-likeness (QED) is 0.679. The Morgan fingerprint density at radius 1 is 1.16 bits per heavy atom. The summed E-state index contributed by atoms with van der Waals surface area (Å²) in [4.78, 5) is 15.5. The number of anilines is 1. The summed E-state index contributed by atoms with van der Waals surface area (Å²) in [6.07, 6.45) is 0. The van der Waals surface area contributed by atoms with E-state index in [1.165, 1.54) is 16.4 Å². The second kappa shape index (κ2) is 10.2. The third kappa shape index (κ3) is 5.88. The van der Waals surface area contributed by atoms with Crippen LogP contribution in [0.1, 0.15) is 35.3 Å². The van der Waals surface area contributed by atoms with Crippen LogP contribution < -0.4 is 5.32 Å². The molecule has 1 fully saturated rings. The van der Waals surface area contributed by atoms with E-state index in [4.69, 9.17) is 0 Å². The highest BCUT2D eigenvalue weighted by Crippen LogP contribution is 2.22. The van der Waals surface area contributed by atoms with Gasteiger partial charge in [0, 0.05) is 55.5 Å². The van der Waals surface area contributed by atoms with Crippen molar-refractivity contribution in [2.75, 3.05) is 37.0 Å². The molecule has 1 aliphatic rings. The molecule has 1 heterocycles. The van der Waals surface area contributed by atoms with Crippen molar-refractivity contribution >= 4 is 33.4 Å². The van der Waals surface area contributed by atoms with E-state index in [0.29, 0.717) is 5.56 Å². The number of amides is 1. The number of carbonyl (C=O) groups is 1. The first-order valence-corrected chi connectivity index (χ1v) is 13.1. The molecule has 3 rings (SSSR count). The van der Waals surface area contributed by atoms with Gasteiger partial charge in [0.1, 0.15) is 0 Å². The smallest absolute Gasteiger partial charge is 0.255 e. The molecule has 168 valence electrons. The molecule has 2 aromatic rings. The molecule has 0 saturated carbocycles. The number of nitrogens with one attached hydrogen (secondary N) is 1. The standard InChI is InChI=1S/C23H31N3O3S2/c1-17(2)25(4)31(28,29)21-7-5-6-20(15-21)23(27)24-22-14-19(9-8-18(22)3)16-26-10-12-30-13-11-26/h5-9,14-15,17H,10-13,16H2,1-4H3,(H,24,27). The van der Waals surface area contributed by atoms with Crippen molar-refractivity contribution in [2.45, 2.75) is 38.3 Å². The summed E-state index contributed by atoms with van der Waals surface area (Å²) >= 11 is 1.98. The van der Waals surface area contributed by atoms with Crippen LogP contribution >= 0.6 is 11.8 Å². The average Bonchev–Trinajstić information content (AvgIpc) is 2.76. The molecule has 31 heavy (non-hydrogen) atoms. The second-order valence-corrected chi connectivity index (χ2v) is 11.4. The molecule has 0 atom stereocenters. The summed E-state index contributed by atoms with van der Waals surface area (Å²) in [5, 5.41) is 2.96. The van der Waals surface area contributed by atoms with E-state index in [1.54, 1.807) is 19.2 Å². The number of thioether (sulfide) groups is 1. The maximum absolute atomic E-state index is 12.9. The van der Waals surface area contributed by atoms with Crippen LogP contribution in [0, 0.1) is 6.92 Å². The second-order valence-electron chi connectivity index (χ2n) is 8.13. The first kappa shape index (κ1) is 23.8. The number of hydrogen-bond donors (Lipinski definition) is 1. The van der Waals surface area contributed by atoms with Crippen molar-refractivity contribution in [3.8, 4) is 0 Å². The Kier molecular flexibility index (Phi) is 7.80. The lowest BCUT2D eigenvalue weighted by Crippen LogP contribution is -2.33. The molecule has 0 spiro atoms. The maximum atomic E-state index is 12.9. The topological polar surface area (TPSA) is 69.7 Å². The zero-order valence-corrected chi connectivity index (χ0v) is 20.2. The minimum Gasteiger partial charge on any atom is -0.322 e. The fraction of sp³-hybridized carbons (Fsp3) is 0.435. The largest absolute Gasteiger partial charge is 0.322 e. The Morgan fingerprint density at radius 3 is 2.55 bits per heavy atom. The van der Waals surface area contributed by atoms with Crippen molar-refractivity contribution in [3.05, 3.63) is 59.2 Å². The van der Waals surface area contributed by atoms with E-state index in [0.717, 1.165) is 48.0 Å². The van der Waals surface area contributed by atoms with Gasteiger partial charge in [0.15, 0.2) is 0 Å². The fourth-order valence-corrected chi connectivity index (χ4v) is 5.75. The third-order valence-electron chi connectivity index (χ3n) is 5.56. The number of benzene rings is 2. The first-order chi connectivity index (χ1) is 14.7. The van der Waals surface area contributed by atoms with Crippen LogP contribution in [0.5, 0.6) is 0 Å². The van der Waals surface area contributed by atoms with E-state index < -0.39 is 10.0 Å². The van der Waals surface area contributed by atoms with Gasteiger partial charge in [-0.05, 0) is 56.2 Å². The Hall–Kier alpha value is -1.87. The summed E-state index contributed by atoms with van der Waals surface area (Å²) in [7, 11) is -2.11. The van der Waals surface area contributed by atoms with Gasteiger partial charge in [-0.3, -0.25) is 9.69 Å². The highest BCUT2D eigenvalue weighted by Gasteiger charge is 2.24. The predicted molar refractivity (Wildman–Crippen MR) is 128 cm³/mol. The van der Waals surface area contributed by atoms with Crippen LogP contribution in [-0.4, -0.2) is 61.2 Å². The van der Waals surface area contributed by atoms with Gasteiger partial charge in [0.25, 0.3) is 5.91 Å². The zero-order chi connectivity index (χ0) is 22.6. The highest BCUT2D eigenvalue weighted by atomic mass is 32.2. The van der Waals surface area contributed by atoms with E-state index in [-0.39, 0.29) is 16.8 Å². The Morgan fingerprint density at radius 2 is 1.87 bits per heavy atom. The lowest BCUT2D eigenvalue weighted by atomic mass is 10.1. The van der Waals surface area contributed by atoms with E-state index >= 15 is 0 Å². The van der Waals surface area contributed by atoms with Gasteiger partial charge in [-0.15, -0.1) is 0 Å². The zero-order valence-electron chi connectivity index (χ0n) is 18.6. The van der Waals surface area contributed by atoms with Gasteiger partial charge in [-0.1, -0.05) is 18.2 Å². The molecule has 8 heteroatoms. The highest BCUT2D eigenvalue weighted by molar-refractivity contribution is 7.99. The monoisotopic (exact) mass is 461 g/mol. The average molecular weight is 462 g/mol. The summed E-state index contributed by atoms with van der Waals surface area (Å²) in [5.41, 5.74) is 3.19. The van der Waals surface area contributed by atoms with Gasteiger partial charge < -0.3 is 5.32 Å². The normalized spacial score (nSPS) is 15.4. The summed E-state index contributed by atoms with van der Waals surface area (Å²) in [6.45, 7) is 8.59. The van der Waals surface area contributed by atoms with Crippen LogP contribution in [0.3, 0.4) is 0 Å². The molecule has 2 aromatic carbocycles. The molecule has 6 nitrogen and oxygen atoms in total. The molecule has 0 aromatic heterocycles. The summed E-state index contributed by atoms with van der Waals surface area (Å²) in [6, 6.07) is 12.2. The van der Waals surface area contributed by atoms with Crippen LogP contribution in [0.25, 0.3) is 0 Å². The third-order valence-corrected chi connectivity index (χ3v) is 8.53. The van der Waals surface area contributed by atoms with Gasteiger partial charge in [0.05, 0.1) is 4.90 Å². The predicted octanol–water partition coefficient (Wildman–Crippen LogP) is 3.83. The molecule has 1 aliphatic heterocycles. The van der Waals surface area contributed by atoms with E-state index in [2.05, 4.69) is 16.3 Å². The lowest BCUT2D eigenvalue weighted by molar-refractivity contribution is 0.102. The van der Waals surface area contributed by atoms with Crippen LogP contribution in [0.4, 0.5) is 5.69 Å². The molecule has 1 N–H and O–H groups in total. The number of hydrogen-bond acceptors (Lipinski definition) is 5. The number of aryl methyl sites for hydroxylation is 1. The molecule has 0 bridgehead atoms. The van der Waals surface area contributed by atoms with Gasteiger partial charge >= 0.3 is 0 Å². The van der Waals surface area contributed by atoms with Crippen molar-refractivity contribution in [1.82, 2.24) is 9.21 Å². The van der Waals surface area contributed by atoms with Crippen molar-refractivity contribution < 1.29 is 13.2 Å². The Labute approximate surface area is 190 Å². The maximum Gasteiger partial charge on any atom is 0.255 e. The van der Waals surface area contributed by atoms with Crippen molar-refractivity contribution in [1.29, 1.82) is 0 Å². The van der Waals surface area contributed by atoms with Gasteiger partial charge in [0.2, 0.25) is 10.0 Å². The number of rotatable bonds is 7.